The fourth-order valence-electron chi connectivity index (χ4n) is 1.15. The van der Waals surface area contributed by atoms with Crippen LogP contribution in [0, 0.1) is 5.41 Å². The summed E-state index contributed by atoms with van der Waals surface area (Å²) in [4.78, 5) is 0. The summed E-state index contributed by atoms with van der Waals surface area (Å²) in [5, 5.41) is 7.50. The maximum Gasteiger partial charge on any atom is 0.113 e. The summed E-state index contributed by atoms with van der Waals surface area (Å²) < 4.78 is 0. The van der Waals surface area contributed by atoms with Gasteiger partial charge < -0.3 is 11.1 Å². The first-order chi connectivity index (χ1) is 6.02. The Bertz CT molecular complexity index is 369. The van der Waals surface area contributed by atoms with Gasteiger partial charge in [0.25, 0.3) is 0 Å². The van der Waals surface area contributed by atoms with E-state index in [4.69, 9.17) is 19.0 Å². The zero-order valence-electron chi connectivity index (χ0n) is 7.59. The molecule has 64 valence electrons. The molecule has 0 spiro atoms. The van der Waals surface area contributed by atoms with Gasteiger partial charge in [-0.05, 0) is 6.92 Å². The molecular weight excluding hydrogens is 159 g/mol. The van der Waals surface area contributed by atoms with E-state index in [1.165, 1.54) is 0 Å². The van der Waals surface area contributed by atoms with Gasteiger partial charge >= 0.3 is 0 Å². The first kappa shape index (κ1) is 9.58. The quantitative estimate of drug-likeness (QED) is 0.500. The van der Waals surface area contributed by atoms with Crippen molar-refractivity contribution in [2.24, 2.45) is 5.73 Å². The summed E-state index contributed by atoms with van der Waals surface area (Å²) in [7, 11) is 5.60. The highest BCUT2D eigenvalue weighted by atomic mass is 14.6. The minimum absolute atomic E-state index is 0.439. The van der Waals surface area contributed by atoms with E-state index in [0.29, 0.717) is 16.9 Å². The molecule has 0 fully saturated rings. The van der Waals surface area contributed by atoms with Crippen molar-refractivity contribution in [2.75, 3.05) is 0 Å². The molecule has 2 radical (unpaired) electrons. The minimum atomic E-state index is 0.439. The van der Waals surface area contributed by atoms with Gasteiger partial charge in [0.2, 0.25) is 0 Å². The van der Waals surface area contributed by atoms with Gasteiger partial charge in [-0.1, -0.05) is 30.2 Å². The smallest absolute Gasteiger partial charge is 0.113 e. The lowest BCUT2D eigenvalue weighted by molar-refractivity contribution is 1.43. The molecule has 0 aromatic heterocycles. The Hall–Kier alpha value is -1.51. The zero-order valence-corrected chi connectivity index (χ0v) is 7.59. The third-order valence-electron chi connectivity index (χ3n) is 1.79. The first-order valence-electron chi connectivity index (χ1n) is 3.92. The van der Waals surface area contributed by atoms with Crippen LogP contribution in [0.25, 0.3) is 5.70 Å². The number of nitrogens with two attached hydrogens (primary N) is 1. The summed E-state index contributed by atoms with van der Waals surface area (Å²) in [6.45, 7) is 5.34. The molecule has 1 aromatic rings. The van der Waals surface area contributed by atoms with Gasteiger partial charge in [0, 0.05) is 22.5 Å². The van der Waals surface area contributed by atoms with E-state index in [1.54, 1.807) is 25.1 Å². The van der Waals surface area contributed by atoms with Crippen molar-refractivity contribution in [3.63, 3.8) is 0 Å². The van der Waals surface area contributed by atoms with Crippen molar-refractivity contribution < 1.29 is 0 Å². The molecule has 0 aliphatic heterocycles. The molecule has 0 amide bonds. The number of hydrogen-bond acceptors (Lipinski definition) is 2. The van der Waals surface area contributed by atoms with Gasteiger partial charge in [-0.15, -0.1) is 0 Å². The van der Waals surface area contributed by atoms with Crippen molar-refractivity contribution in [3.05, 3.63) is 35.9 Å². The summed E-state index contributed by atoms with van der Waals surface area (Å²) in [6.07, 6.45) is 0. The maximum absolute atomic E-state index is 7.50. The number of rotatable bonds is 2. The lowest BCUT2D eigenvalue weighted by Gasteiger charge is -2.08. The SMILES string of the molecule is [B]c1ccc(C(C)=N)c(C(=C)N)c1. The van der Waals surface area contributed by atoms with Gasteiger partial charge in [0.1, 0.15) is 7.85 Å². The maximum atomic E-state index is 7.50. The Balaban J connectivity index is 3.35. The normalized spacial score (nSPS) is 9.62. The summed E-state index contributed by atoms with van der Waals surface area (Å²) >= 11 is 0. The van der Waals surface area contributed by atoms with E-state index in [1.807, 2.05) is 0 Å². The van der Waals surface area contributed by atoms with Crippen molar-refractivity contribution in [1.29, 1.82) is 5.41 Å². The van der Waals surface area contributed by atoms with Crippen LogP contribution in [0.4, 0.5) is 0 Å². The van der Waals surface area contributed by atoms with E-state index >= 15 is 0 Å². The molecule has 0 saturated heterocycles. The standard InChI is InChI=1S/C10H11BN2/c1-6(12)9-4-3-8(11)5-10(9)7(2)13/h3-5,12H,2,13H2,1H3. The van der Waals surface area contributed by atoms with Gasteiger partial charge in [-0.3, -0.25) is 0 Å². The Morgan fingerprint density at radius 1 is 1.46 bits per heavy atom. The van der Waals surface area contributed by atoms with Crippen molar-refractivity contribution in [3.8, 4) is 0 Å². The Kier molecular flexibility index (Phi) is 2.56. The summed E-state index contributed by atoms with van der Waals surface area (Å²) in [5.41, 5.74) is 8.63. The van der Waals surface area contributed by atoms with Crippen LogP contribution < -0.4 is 11.2 Å². The minimum Gasteiger partial charge on any atom is -0.399 e. The molecular formula is C10H11BN2. The highest BCUT2D eigenvalue weighted by molar-refractivity contribution is 6.32. The fraction of sp³-hybridized carbons (Fsp3) is 0.100. The molecule has 0 aliphatic carbocycles. The Morgan fingerprint density at radius 3 is 2.54 bits per heavy atom. The largest absolute Gasteiger partial charge is 0.399 e. The molecule has 1 aromatic carbocycles. The first-order valence-corrected chi connectivity index (χ1v) is 3.92. The molecule has 3 heteroatoms. The number of benzene rings is 1. The molecule has 1 rings (SSSR count). The van der Waals surface area contributed by atoms with Crippen LogP contribution in [-0.4, -0.2) is 13.6 Å². The van der Waals surface area contributed by atoms with Crippen LogP contribution >= 0.6 is 0 Å². The van der Waals surface area contributed by atoms with E-state index in [9.17, 15) is 0 Å². The highest BCUT2D eigenvalue weighted by Crippen LogP contribution is 2.12. The molecule has 0 unspecified atom stereocenters. The van der Waals surface area contributed by atoms with E-state index in [0.717, 1.165) is 11.1 Å². The second kappa shape index (κ2) is 3.48. The average Bonchev–Trinajstić information content (AvgIpc) is 2.03. The molecule has 2 nitrogen and oxygen atoms in total. The van der Waals surface area contributed by atoms with E-state index in [-0.39, 0.29) is 0 Å². The zero-order chi connectivity index (χ0) is 10.0. The second-order valence-corrected chi connectivity index (χ2v) is 2.96. The van der Waals surface area contributed by atoms with Crippen molar-refractivity contribution >= 4 is 24.7 Å². The fourth-order valence-corrected chi connectivity index (χ4v) is 1.15. The van der Waals surface area contributed by atoms with Crippen LogP contribution in [0.5, 0.6) is 0 Å². The molecule has 0 aliphatic rings. The predicted molar refractivity (Wildman–Crippen MR) is 57.6 cm³/mol. The molecule has 0 bridgehead atoms. The predicted octanol–water partition coefficient (Wildman–Crippen LogP) is 0.798. The van der Waals surface area contributed by atoms with E-state index in [2.05, 4.69) is 6.58 Å². The summed E-state index contributed by atoms with van der Waals surface area (Å²) in [5.74, 6) is 0. The van der Waals surface area contributed by atoms with Gasteiger partial charge in [-0.2, -0.15) is 0 Å². The topological polar surface area (TPSA) is 49.9 Å². The van der Waals surface area contributed by atoms with Gasteiger partial charge in [0.05, 0.1) is 0 Å². The van der Waals surface area contributed by atoms with Gasteiger partial charge in [0.15, 0.2) is 0 Å². The molecule has 13 heavy (non-hydrogen) atoms. The van der Waals surface area contributed by atoms with Crippen molar-refractivity contribution in [2.45, 2.75) is 6.92 Å². The lowest BCUT2D eigenvalue weighted by Crippen LogP contribution is -2.10. The third-order valence-corrected chi connectivity index (χ3v) is 1.79. The van der Waals surface area contributed by atoms with Gasteiger partial charge in [-0.25, -0.2) is 0 Å². The summed E-state index contributed by atoms with van der Waals surface area (Å²) in [6, 6.07) is 5.26. The molecule has 3 N–H and O–H groups in total. The number of hydrogen-bond donors (Lipinski definition) is 2. The number of nitrogens with one attached hydrogen (secondary N) is 1. The Morgan fingerprint density at radius 2 is 2.08 bits per heavy atom. The van der Waals surface area contributed by atoms with Crippen LogP contribution in [0.15, 0.2) is 24.8 Å². The van der Waals surface area contributed by atoms with E-state index < -0.39 is 0 Å². The highest BCUT2D eigenvalue weighted by Gasteiger charge is 2.04. The van der Waals surface area contributed by atoms with Crippen molar-refractivity contribution in [1.82, 2.24) is 0 Å². The average molecular weight is 170 g/mol. The molecule has 0 atom stereocenters. The molecule has 0 heterocycles. The lowest BCUT2D eigenvalue weighted by atomic mass is 9.90. The third kappa shape index (κ3) is 1.99. The van der Waals surface area contributed by atoms with Crippen LogP contribution in [0.2, 0.25) is 0 Å². The van der Waals surface area contributed by atoms with Crippen LogP contribution in [0.1, 0.15) is 18.1 Å². The molecule has 0 saturated carbocycles. The second-order valence-electron chi connectivity index (χ2n) is 2.96. The Labute approximate surface area is 79.4 Å². The van der Waals surface area contributed by atoms with Crippen LogP contribution in [0.3, 0.4) is 0 Å². The van der Waals surface area contributed by atoms with Crippen LogP contribution in [-0.2, 0) is 0 Å². The monoisotopic (exact) mass is 170 g/mol.